The van der Waals surface area contributed by atoms with Gasteiger partial charge in [-0.2, -0.15) is 0 Å². The minimum Gasteiger partial charge on any atom is -0.391 e. The second-order valence-corrected chi connectivity index (χ2v) is 5.05. The van der Waals surface area contributed by atoms with E-state index in [9.17, 15) is 0 Å². The van der Waals surface area contributed by atoms with E-state index in [1.54, 1.807) is 11.3 Å². The first kappa shape index (κ1) is 8.71. The van der Waals surface area contributed by atoms with Crippen molar-refractivity contribution in [3.63, 3.8) is 0 Å². The van der Waals surface area contributed by atoms with Crippen LogP contribution in [0, 0.1) is 0 Å². The van der Waals surface area contributed by atoms with E-state index in [1.165, 1.54) is 10.4 Å². The van der Waals surface area contributed by atoms with Crippen molar-refractivity contribution in [1.29, 1.82) is 0 Å². The fourth-order valence-corrected chi connectivity index (χ4v) is 3.32. The second kappa shape index (κ2) is 2.95. The lowest BCUT2D eigenvalue weighted by atomic mass is 9.93. The maximum Gasteiger partial charge on any atom is 0.173 e. The highest BCUT2D eigenvalue weighted by molar-refractivity contribution is 7.16. The van der Waals surface area contributed by atoms with Gasteiger partial charge in [0.2, 0.25) is 0 Å². The molecule has 2 aliphatic rings. The molecule has 0 saturated carbocycles. The average molecular weight is 211 g/mol. The van der Waals surface area contributed by atoms with Crippen molar-refractivity contribution >= 4 is 16.3 Å². The highest BCUT2D eigenvalue weighted by Crippen LogP contribution is 2.39. The molecule has 0 unspecified atom stereocenters. The zero-order chi connectivity index (χ0) is 9.60. The van der Waals surface area contributed by atoms with Crippen molar-refractivity contribution in [1.82, 2.24) is 0 Å². The van der Waals surface area contributed by atoms with Crippen LogP contribution in [0.1, 0.15) is 16.9 Å². The van der Waals surface area contributed by atoms with Gasteiger partial charge < -0.3 is 15.2 Å². The third kappa shape index (κ3) is 1.26. The Morgan fingerprint density at radius 2 is 2.14 bits per heavy atom. The van der Waals surface area contributed by atoms with Crippen molar-refractivity contribution in [3.05, 3.63) is 16.5 Å². The summed E-state index contributed by atoms with van der Waals surface area (Å²) in [6.07, 6.45) is 2.88. The Balaban J connectivity index is 1.92. The summed E-state index contributed by atoms with van der Waals surface area (Å²) in [4.78, 5) is 1.34. The van der Waals surface area contributed by atoms with E-state index in [1.807, 2.05) is 0 Å². The van der Waals surface area contributed by atoms with Gasteiger partial charge in [-0.1, -0.05) is 0 Å². The predicted molar refractivity (Wildman–Crippen MR) is 55.4 cm³/mol. The topological polar surface area (TPSA) is 44.5 Å². The SMILES string of the molecule is Nc1cc2c(s1)CC1(CC2)OCCO1. The van der Waals surface area contributed by atoms with E-state index in [-0.39, 0.29) is 5.79 Å². The van der Waals surface area contributed by atoms with Crippen LogP contribution in [0.2, 0.25) is 0 Å². The Hall–Kier alpha value is -0.580. The molecule has 4 heteroatoms. The number of thiophene rings is 1. The van der Waals surface area contributed by atoms with Gasteiger partial charge in [-0.05, 0) is 18.1 Å². The van der Waals surface area contributed by atoms with Crippen molar-refractivity contribution in [2.24, 2.45) is 0 Å². The number of hydrogen-bond donors (Lipinski definition) is 1. The fourth-order valence-electron chi connectivity index (χ4n) is 2.25. The average Bonchev–Trinajstić information content (AvgIpc) is 2.72. The number of nitrogens with two attached hydrogens (primary N) is 1. The molecule has 1 aliphatic carbocycles. The number of fused-ring (bicyclic) bond motifs is 1. The predicted octanol–water partition coefficient (Wildman–Crippen LogP) is 1.56. The first-order valence-corrected chi connectivity index (χ1v) is 5.74. The maximum atomic E-state index is 5.78. The summed E-state index contributed by atoms with van der Waals surface area (Å²) in [5.74, 6) is -0.315. The number of hydrogen-bond acceptors (Lipinski definition) is 4. The van der Waals surface area contributed by atoms with Gasteiger partial charge in [-0.15, -0.1) is 11.3 Å². The Kier molecular flexibility index (Phi) is 1.84. The number of anilines is 1. The van der Waals surface area contributed by atoms with Crippen LogP contribution in [0.5, 0.6) is 0 Å². The minimum absolute atomic E-state index is 0.315. The Morgan fingerprint density at radius 3 is 2.93 bits per heavy atom. The highest BCUT2D eigenvalue weighted by Gasteiger charge is 2.40. The smallest absolute Gasteiger partial charge is 0.173 e. The van der Waals surface area contributed by atoms with Gasteiger partial charge in [-0.3, -0.25) is 0 Å². The molecule has 1 aromatic rings. The normalized spacial score (nSPS) is 24.0. The number of nitrogen functional groups attached to an aromatic ring is 1. The molecule has 0 bridgehead atoms. The zero-order valence-electron chi connectivity index (χ0n) is 7.91. The standard InChI is InChI=1S/C10H13NO2S/c11-9-5-7-1-2-10(6-8(7)14-9)12-3-4-13-10/h5H,1-4,6,11H2. The largest absolute Gasteiger partial charge is 0.391 e. The summed E-state index contributed by atoms with van der Waals surface area (Å²) < 4.78 is 11.4. The lowest BCUT2D eigenvalue weighted by Crippen LogP contribution is -2.36. The first-order valence-electron chi connectivity index (χ1n) is 4.92. The molecule has 2 N–H and O–H groups in total. The molecule has 76 valence electrons. The number of aryl methyl sites for hydroxylation is 1. The third-order valence-corrected chi connectivity index (χ3v) is 3.94. The molecule has 1 aromatic heterocycles. The summed E-state index contributed by atoms with van der Waals surface area (Å²) in [6.45, 7) is 1.46. The van der Waals surface area contributed by atoms with Crippen molar-refractivity contribution in [2.75, 3.05) is 18.9 Å². The first-order chi connectivity index (χ1) is 6.77. The minimum atomic E-state index is -0.315. The van der Waals surface area contributed by atoms with Gasteiger partial charge in [0.1, 0.15) is 0 Å². The lowest BCUT2D eigenvalue weighted by molar-refractivity contribution is -0.163. The number of ether oxygens (including phenoxy) is 2. The van der Waals surface area contributed by atoms with Crippen LogP contribution in [0.15, 0.2) is 6.07 Å². The molecule has 1 spiro atoms. The molecular formula is C10H13NO2S. The quantitative estimate of drug-likeness (QED) is 0.708. The second-order valence-electron chi connectivity index (χ2n) is 3.88. The molecular weight excluding hydrogens is 198 g/mol. The van der Waals surface area contributed by atoms with Crippen LogP contribution in [-0.4, -0.2) is 19.0 Å². The Labute approximate surface area is 86.8 Å². The van der Waals surface area contributed by atoms with Crippen molar-refractivity contribution < 1.29 is 9.47 Å². The van der Waals surface area contributed by atoms with E-state index in [0.29, 0.717) is 0 Å². The van der Waals surface area contributed by atoms with E-state index < -0.39 is 0 Å². The van der Waals surface area contributed by atoms with Crippen LogP contribution in [-0.2, 0) is 22.3 Å². The zero-order valence-corrected chi connectivity index (χ0v) is 8.73. The van der Waals surface area contributed by atoms with Crippen LogP contribution < -0.4 is 5.73 Å². The van der Waals surface area contributed by atoms with Gasteiger partial charge in [0.05, 0.1) is 18.2 Å². The monoisotopic (exact) mass is 211 g/mol. The maximum absolute atomic E-state index is 5.78. The van der Waals surface area contributed by atoms with Crippen LogP contribution in [0.25, 0.3) is 0 Å². The van der Waals surface area contributed by atoms with Gasteiger partial charge in [0.15, 0.2) is 5.79 Å². The van der Waals surface area contributed by atoms with E-state index in [4.69, 9.17) is 15.2 Å². The highest BCUT2D eigenvalue weighted by atomic mass is 32.1. The Morgan fingerprint density at radius 1 is 1.36 bits per heavy atom. The summed E-state index contributed by atoms with van der Waals surface area (Å²) in [7, 11) is 0. The molecule has 2 heterocycles. The third-order valence-electron chi connectivity index (χ3n) is 2.93. The van der Waals surface area contributed by atoms with Crippen LogP contribution >= 0.6 is 11.3 Å². The van der Waals surface area contributed by atoms with Gasteiger partial charge in [0.25, 0.3) is 0 Å². The molecule has 1 aliphatic heterocycles. The summed E-state index contributed by atoms with van der Waals surface area (Å²) >= 11 is 1.67. The van der Waals surface area contributed by atoms with E-state index in [0.717, 1.165) is 37.5 Å². The van der Waals surface area contributed by atoms with Crippen LogP contribution in [0.4, 0.5) is 5.00 Å². The van der Waals surface area contributed by atoms with Gasteiger partial charge in [0, 0.05) is 17.7 Å². The molecule has 1 saturated heterocycles. The fraction of sp³-hybridized carbons (Fsp3) is 0.600. The van der Waals surface area contributed by atoms with E-state index >= 15 is 0 Å². The molecule has 3 nitrogen and oxygen atoms in total. The summed E-state index contributed by atoms with van der Waals surface area (Å²) in [6, 6.07) is 2.09. The summed E-state index contributed by atoms with van der Waals surface area (Å²) in [5.41, 5.74) is 7.17. The molecule has 1 fully saturated rings. The summed E-state index contributed by atoms with van der Waals surface area (Å²) in [5, 5.41) is 0.907. The van der Waals surface area contributed by atoms with Crippen LogP contribution in [0.3, 0.4) is 0 Å². The van der Waals surface area contributed by atoms with Crippen molar-refractivity contribution in [2.45, 2.75) is 25.0 Å². The Bertz CT molecular complexity index is 355. The number of rotatable bonds is 0. The molecule has 0 atom stereocenters. The van der Waals surface area contributed by atoms with Crippen molar-refractivity contribution in [3.8, 4) is 0 Å². The molecule has 0 amide bonds. The molecule has 0 radical (unpaired) electrons. The van der Waals surface area contributed by atoms with E-state index in [2.05, 4.69) is 6.07 Å². The molecule has 3 rings (SSSR count). The molecule has 14 heavy (non-hydrogen) atoms. The molecule has 0 aromatic carbocycles. The lowest BCUT2D eigenvalue weighted by Gasteiger charge is -2.30. The van der Waals surface area contributed by atoms with Gasteiger partial charge in [-0.25, -0.2) is 0 Å². The van der Waals surface area contributed by atoms with Gasteiger partial charge >= 0.3 is 0 Å².